The molecular weight excluding hydrogens is 182 g/mol. The van der Waals surface area contributed by atoms with Crippen molar-refractivity contribution in [2.45, 2.75) is 0 Å². The molecular formula is C10H9NOS. The molecule has 0 saturated carbocycles. The molecule has 0 saturated heterocycles. The van der Waals surface area contributed by atoms with Gasteiger partial charge in [-0.1, -0.05) is 0 Å². The van der Waals surface area contributed by atoms with Crippen LogP contribution in [0.15, 0.2) is 35.7 Å². The van der Waals surface area contributed by atoms with Gasteiger partial charge in [0.25, 0.3) is 0 Å². The molecule has 0 bridgehead atoms. The van der Waals surface area contributed by atoms with Crippen LogP contribution in [0.1, 0.15) is 0 Å². The minimum absolute atomic E-state index is 0.874. The molecule has 1 aromatic carbocycles. The number of methoxy groups -OCH3 is 1. The van der Waals surface area contributed by atoms with E-state index in [1.165, 1.54) is 11.5 Å². The fourth-order valence-corrected chi connectivity index (χ4v) is 1.65. The molecule has 0 aliphatic heterocycles. The summed E-state index contributed by atoms with van der Waals surface area (Å²) in [6.45, 7) is 0. The van der Waals surface area contributed by atoms with Gasteiger partial charge in [0.05, 0.1) is 12.8 Å². The van der Waals surface area contributed by atoms with Crippen LogP contribution in [0, 0.1) is 0 Å². The lowest BCUT2D eigenvalue weighted by Gasteiger charge is -1.99. The van der Waals surface area contributed by atoms with E-state index in [0.29, 0.717) is 0 Å². The summed E-state index contributed by atoms with van der Waals surface area (Å²) in [5, 5.41) is 1.97. The second-order valence-corrected chi connectivity index (χ2v) is 3.28. The summed E-state index contributed by atoms with van der Waals surface area (Å²) in [7, 11) is 1.66. The number of ether oxygens (including phenoxy) is 1. The molecule has 0 atom stereocenters. The van der Waals surface area contributed by atoms with E-state index >= 15 is 0 Å². The first kappa shape index (κ1) is 8.26. The van der Waals surface area contributed by atoms with Gasteiger partial charge in [-0.15, -0.1) is 0 Å². The first-order valence-electron chi connectivity index (χ1n) is 3.95. The number of nitrogens with zero attached hydrogens (tertiary/aromatic N) is 1. The molecule has 3 heteroatoms. The Morgan fingerprint density at radius 3 is 2.46 bits per heavy atom. The summed E-state index contributed by atoms with van der Waals surface area (Å²) in [6, 6.07) is 9.90. The Morgan fingerprint density at radius 2 is 1.92 bits per heavy atom. The maximum atomic E-state index is 5.07. The van der Waals surface area contributed by atoms with Crippen LogP contribution < -0.4 is 4.74 Å². The van der Waals surface area contributed by atoms with Gasteiger partial charge in [-0.25, -0.2) is 0 Å². The van der Waals surface area contributed by atoms with Gasteiger partial charge >= 0.3 is 0 Å². The zero-order chi connectivity index (χ0) is 9.10. The van der Waals surface area contributed by atoms with Crippen LogP contribution in [0.25, 0.3) is 11.3 Å². The van der Waals surface area contributed by atoms with Gasteiger partial charge in [-0.05, 0) is 41.9 Å². The minimum Gasteiger partial charge on any atom is -0.497 e. The Morgan fingerprint density at radius 1 is 1.15 bits per heavy atom. The van der Waals surface area contributed by atoms with Gasteiger partial charge in [0.2, 0.25) is 0 Å². The van der Waals surface area contributed by atoms with Crippen molar-refractivity contribution in [3.63, 3.8) is 0 Å². The van der Waals surface area contributed by atoms with Crippen LogP contribution >= 0.6 is 11.5 Å². The molecule has 0 unspecified atom stereocenters. The lowest BCUT2D eigenvalue weighted by molar-refractivity contribution is 0.415. The highest BCUT2D eigenvalue weighted by atomic mass is 32.1. The molecule has 0 amide bonds. The van der Waals surface area contributed by atoms with Crippen molar-refractivity contribution in [2.75, 3.05) is 7.11 Å². The second-order valence-electron chi connectivity index (χ2n) is 2.61. The van der Waals surface area contributed by atoms with Crippen LogP contribution in [0.3, 0.4) is 0 Å². The minimum atomic E-state index is 0.874. The molecule has 0 N–H and O–H groups in total. The molecule has 2 nitrogen and oxygen atoms in total. The third-order valence-electron chi connectivity index (χ3n) is 1.82. The monoisotopic (exact) mass is 191 g/mol. The first-order chi connectivity index (χ1) is 6.40. The molecule has 66 valence electrons. The number of aromatic nitrogens is 1. The molecule has 2 rings (SSSR count). The topological polar surface area (TPSA) is 22.1 Å². The Bertz CT molecular complexity index is 366. The Balaban J connectivity index is 2.33. The van der Waals surface area contributed by atoms with E-state index in [4.69, 9.17) is 4.74 Å². The predicted octanol–water partition coefficient (Wildman–Crippen LogP) is 2.82. The van der Waals surface area contributed by atoms with E-state index in [2.05, 4.69) is 4.37 Å². The van der Waals surface area contributed by atoms with E-state index in [9.17, 15) is 0 Å². The fourth-order valence-electron chi connectivity index (χ4n) is 1.12. The second kappa shape index (κ2) is 3.58. The third-order valence-corrected chi connectivity index (χ3v) is 2.38. The molecule has 0 aliphatic carbocycles. The summed E-state index contributed by atoms with van der Waals surface area (Å²) >= 11 is 1.46. The zero-order valence-electron chi connectivity index (χ0n) is 7.23. The summed E-state index contributed by atoms with van der Waals surface area (Å²) in [5.74, 6) is 0.874. The van der Waals surface area contributed by atoms with Crippen molar-refractivity contribution in [2.24, 2.45) is 0 Å². The van der Waals surface area contributed by atoms with Crippen LogP contribution in [0.2, 0.25) is 0 Å². The number of hydrogen-bond acceptors (Lipinski definition) is 3. The summed E-state index contributed by atoms with van der Waals surface area (Å²) in [4.78, 5) is 0. The Kier molecular flexibility index (Phi) is 2.27. The predicted molar refractivity (Wildman–Crippen MR) is 54.1 cm³/mol. The highest BCUT2D eigenvalue weighted by Gasteiger charge is 1.98. The van der Waals surface area contributed by atoms with Gasteiger partial charge in [0.1, 0.15) is 5.75 Å². The zero-order valence-corrected chi connectivity index (χ0v) is 8.04. The van der Waals surface area contributed by atoms with Crippen molar-refractivity contribution in [1.29, 1.82) is 0 Å². The Labute approximate surface area is 81.0 Å². The SMILES string of the molecule is COc1ccc(-c2ccsn2)cc1. The van der Waals surface area contributed by atoms with Crippen molar-refractivity contribution < 1.29 is 4.74 Å². The van der Waals surface area contributed by atoms with Crippen LogP contribution in [-0.4, -0.2) is 11.5 Å². The first-order valence-corrected chi connectivity index (χ1v) is 4.78. The molecule has 0 fully saturated rings. The van der Waals surface area contributed by atoms with Crippen LogP contribution in [0.5, 0.6) is 5.75 Å². The third kappa shape index (κ3) is 1.70. The highest BCUT2D eigenvalue weighted by molar-refractivity contribution is 7.03. The van der Waals surface area contributed by atoms with Gasteiger partial charge in [0, 0.05) is 10.9 Å². The number of benzene rings is 1. The van der Waals surface area contributed by atoms with Crippen molar-refractivity contribution in [3.8, 4) is 17.0 Å². The molecule has 1 heterocycles. The van der Waals surface area contributed by atoms with Gasteiger partial charge < -0.3 is 4.74 Å². The number of hydrogen-bond donors (Lipinski definition) is 0. The van der Waals surface area contributed by atoms with Crippen molar-refractivity contribution in [3.05, 3.63) is 35.7 Å². The van der Waals surface area contributed by atoms with Crippen molar-refractivity contribution >= 4 is 11.5 Å². The molecule has 0 aliphatic rings. The van der Waals surface area contributed by atoms with Crippen LogP contribution in [0.4, 0.5) is 0 Å². The lowest BCUT2D eigenvalue weighted by Crippen LogP contribution is -1.82. The van der Waals surface area contributed by atoms with Gasteiger partial charge in [-0.3, -0.25) is 0 Å². The quantitative estimate of drug-likeness (QED) is 0.728. The fraction of sp³-hybridized carbons (Fsp3) is 0.100. The molecule has 2 aromatic rings. The highest BCUT2D eigenvalue weighted by Crippen LogP contribution is 2.21. The molecule has 0 spiro atoms. The standard InChI is InChI=1S/C10H9NOS/c1-12-9-4-2-8(3-5-9)10-6-7-13-11-10/h2-7H,1H3. The molecule has 0 radical (unpaired) electrons. The summed E-state index contributed by atoms with van der Waals surface area (Å²) in [5.41, 5.74) is 2.15. The van der Waals surface area contributed by atoms with Crippen molar-refractivity contribution in [1.82, 2.24) is 4.37 Å². The number of rotatable bonds is 2. The average Bonchev–Trinajstić information content (AvgIpc) is 2.71. The smallest absolute Gasteiger partial charge is 0.118 e. The maximum Gasteiger partial charge on any atom is 0.118 e. The van der Waals surface area contributed by atoms with E-state index < -0.39 is 0 Å². The molecule has 13 heavy (non-hydrogen) atoms. The lowest BCUT2D eigenvalue weighted by atomic mass is 10.1. The normalized spacial score (nSPS) is 9.92. The maximum absolute atomic E-state index is 5.07. The van der Waals surface area contributed by atoms with E-state index in [0.717, 1.165) is 17.0 Å². The summed E-state index contributed by atoms with van der Waals surface area (Å²) < 4.78 is 9.31. The summed E-state index contributed by atoms with van der Waals surface area (Å²) in [6.07, 6.45) is 0. The molecule has 1 aromatic heterocycles. The van der Waals surface area contributed by atoms with E-state index in [-0.39, 0.29) is 0 Å². The van der Waals surface area contributed by atoms with E-state index in [1.54, 1.807) is 7.11 Å². The van der Waals surface area contributed by atoms with E-state index in [1.807, 2.05) is 35.7 Å². The largest absolute Gasteiger partial charge is 0.497 e. The van der Waals surface area contributed by atoms with Gasteiger partial charge in [0.15, 0.2) is 0 Å². The average molecular weight is 191 g/mol. The van der Waals surface area contributed by atoms with Gasteiger partial charge in [-0.2, -0.15) is 4.37 Å². The Hall–Kier alpha value is -1.35. The van der Waals surface area contributed by atoms with Crippen LogP contribution in [-0.2, 0) is 0 Å².